The minimum Gasteiger partial charge on any atom is -0.497 e. The Morgan fingerprint density at radius 2 is 1.82 bits per heavy atom. The molecule has 1 heterocycles. The molecule has 0 aliphatic rings. The zero-order valence-electron chi connectivity index (χ0n) is 16.2. The zero-order chi connectivity index (χ0) is 19.9. The molecule has 0 spiro atoms. The van der Waals surface area contributed by atoms with Gasteiger partial charge in [-0.15, -0.1) is 0 Å². The van der Waals surface area contributed by atoms with Gasteiger partial charge in [0.15, 0.2) is 0 Å². The first-order valence-electron chi connectivity index (χ1n) is 8.85. The highest BCUT2D eigenvalue weighted by atomic mass is 16.5. The molecule has 3 aromatic rings. The monoisotopic (exact) mass is 377 g/mol. The van der Waals surface area contributed by atoms with Crippen LogP contribution in [0.4, 0.5) is 11.4 Å². The molecule has 0 atom stereocenters. The lowest BCUT2D eigenvalue weighted by Crippen LogP contribution is -2.27. The van der Waals surface area contributed by atoms with E-state index >= 15 is 0 Å². The van der Waals surface area contributed by atoms with Crippen molar-refractivity contribution in [1.82, 2.24) is 9.88 Å². The lowest BCUT2D eigenvalue weighted by molar-refractivity contribution is 0.0779. The molecule has 144 valence electrons. The molecule has 3 rings (SSSR count). The summed E-state index contributed by atoms with van der Waals surface area (Å²) < 4.78 is 10.7. The van der Waals surface area contributed by atoms with Crippen molar-refractivity contribution >= 4 is 17.3 Å². The summed E-state index contributed by atoms with van der Waals surface area (Å²) in [6.07, 6.45) is 1.61. The fraction of sp³-hybridized carbons (Fsp3) is 0.182. The van der Waals surface area contributed by atoms with Crippen LogP contribution in [0.2, 0.25) is 0 Å². The lowest BCUT2D eigenvalue weighted by atomic mass is 10.2. The van der Waals surface area contributed by atoms with Crippen LogP contribution in [0.1, 0.15) is 16.1 Å². The fourth-order valence-electron chi connectivity index (χ4n) is 2.82. The van der Waals surface area contributed by atoms with Gasteiger partial charge in [-0.2, -0.15) is 0 Å². The Balaban J connectivity index is 1.78. The van der Waals surface area contributed by atoms with Crippen LogP contribution in [0.15, 0.2) is 66.9 Å². The van der Waals surface area contributed by atoms with E-state index in [-0.39, 0.29) is 5.91 Å². The summed E-state index contributed by atoms with van der Waals surface area (Å²) in [5.74, 6) is 1.23. The molecule has 0 fully saturated rings. The Morgan fingerprint density at radius 3 is 2.54 bits per heavy atom. The van der Waals surface area contributed by atoms with Crippen LogP contribution in [0, 0.1) is 0 Å². The standard InChI is InChI=1S/C22H23N3O3/c1-25(15-16-7-5-4-6-8-16)22(26)20-13-17(11-12-23-20)24-19-14-18(27-2)9-10-21(19)28-3/h4-14H,15H2,1-3H3,(H,23,24). The first-order valence-corrected chi connectivity index (χ1v) is 8.85. The smallest absolute Gasteiger partial charge is 0.272 e. The molecular weight excluding hydrogens is 354 g/mol. The van der Waals surface area contributed by atoms with Crippen LogP contribution in [0.3, 0.4) is 0 Å². The Bertz CT molecular complexity index is 945. The lowest BCUT2D eigenvalue weighted by Gasteiger charge is -2.17. The second-order valence-corrected chi connectivity index (χ2v) is 6.27. The van der Waals surface area contributed by atoms with Gasteiger partial charge in [0.1, 0.15) is 17.2 Å². The number of methoxy groups -OCH3 is 2. The van der Waals surface area contributed by atoms with Crippen molar-refractivity contribution in [3.8, 4) is 11.5 Å². The fourth-order valence-corrected chi connectivity index (χ4v) is 2.82. The molecule has 0 bridgehead atoms. The summed E-state index contributed by atoms with van der Waals surface area (Å²) in [6, 6.07) is 18.9. The van der Waals surface area contributed by atoms with Gasteiger partial charge in [-0.05, 0) is 29.8 Å². The Labute approximate surface area is 164 Å². The summed E-state index contributed by atoms with van der Waals surface area (Å²) in [4.78, 5) is 18.6. The number of pyridine rings is 1. The molecule has 0 aliphatic carbocycles. The van der Waals surface area contributed by atoms with Crippen molar-refractivity contribution < 1.29 is 14.3 Å². The van der Waals surface area contributed by atoms with Crippen LogP contribution < -0.4 is 14.8 Å². The second kappa shape index (κ2) is 8.90. The molecule has 1 amide bonds. The number of nitrogens with one attached hydrogen (secondary N) is 1. The highest BCUT2D eigenvalue weighted by Crippen LogP contribution is 2.31. The number of nitrogens with zero attached hydrogens (tertiary/aromatic N) is 2. The van der Waals surface area contributed by atoms with Crippen LogP contribution in [0.5, 0.6) is 11.5 Å². The highest BCUT2D eigenvalue weighted by Gasteiger charge is 2.14. The number of anilines is 2. The zero-order valence-corrected chi connectivity index (χ0v) is 16.2. The third-order valence-electron chi connectivity index (χ3n) is 4.27. The van der Waals surface area contributed by atoms with E-state index in [9.17, 15) is 4.79 Å². The van der Waals surface area contributed by atoms with Crippen molar-refractivity contribution in [3.05, 3.63) is 78.1 Å². The molecule has 1 aromatic heterocycles. The van der Waals surface area contributed by atoms with Gasteiger partial charge in [0.2, 0.25) is 0 Å². The summed E-state index contributed by atoms with van der Waals surface area (Å²) in [5, 5.41) is 3.27. The minimum atomic E-state index is -0.148. The minimum absolute atomic E-state index is 0.148. The average Bonchev–Trinajstić information content (AvgIpc) is 2.74. The summed E-state index contributed by atoms with van der Waals surface area (Å²) >= 11 is 0. The number of aromatic nitrogens is 1. The van der Waals surface area contributed by atoms with E-state index in [0.29, 0.717) is 23.7 Å². The van der Waals surface area contributed by atoms with Gasteiger partial charge < -0.3 is 19.7 Å². The van der Waals surface area contributed by atoms with E-state index in [1.807, 2.05) is 48.5 Å². The van der Waals surface area contributed by atoms with Crippen molar-refractivity contribution in [2.45, 2.75) is 6.54 Å². The van der Waals surface area contributed by atoms with Gasteiger partial charge in [0.25, 0.3) is 5.91 Å². The van der Waals surface area contributed by atoms with Crippen LogP contribution in [0.25, 0.3) is 0 Å². The van der Waals surface area contributed by atoms with Crippen molar-refractivity contribution in [2.75, 3.05) is 26.6 Å². The van der Waals surface area contributed by atoms with Crippen molar-refractivity contribution in [2.24, 2.45) is 0 Å². The maximum Gasteiger partial charge on any atom is 0.272 e. The van der Waals surface area contributed by atoms with Gasteiger partial charge in [-0.25, -0.2) is 0 Å². The summed E-state index contributed by atoms with van der Waals surface area (Å²) in [5.41, 5.74) is 2.90. The van der Waals surface area contributed by atoms with Gasteiger partial charge >= 0.3 is 0 Å². The van der Waals surface area contributed by atoms with E-state index < -0.39 is 0 Å². The highest BCUT2D eigenvalue weighted by molar-refractivity contribution is 5.93. The number of carbonyl (C=O) groups excluding carboxylic acids is 1. The average molecular weight is 377 g/mol. The molecule has 0 radical (unpaired) electrons. The number of benzene rings is 2. The van der Waals surface area contributed by atoms with E-state index in [0.717, 1.165) is 16.9 Å². The van der Waals surface area contributed by atoms with E-state index in [2.05, 4.69) is 10.3 Å². The maximum absolute atomic E-state index is 12.8. The molecule has 2 aromatic carbocycles. The number of amides is 1. The SMILES string of the molecule is COc1ccc(OC)c(Nc2ccnc(C(=O)N(C)Cc3ccccc3)c2)c1. The summed E-state index contributed by atoms with van der Waals surface area (Å²) in [6.45, 7) is 0.517. The molecule has 0 unspecified atom stereocenters. The van der Waals surface area contributed by atoms with Crippen LogP contribution >= 0.6 is 0 Å². The molecule has 0 saturated heterocycles. The predicted molar refractivity (Wildman–Crippen MR) is 109 cm³/mol. The van der Waals surface area contributed by atoms with Gasteiger partial charge in [0, 0.05) is 31.5 Å². The number of rotatable bonds is 7. The predicted octanol–water partition coefficient (Wildman–Crippen LogP) is 4.11. The topological polar surface area (TPSA) is 63.7 Å². The van der Waals surface area contributed by atoms with Gasteiger partial charge in [-0.1, -0.05) is 30.3 Å². The molecule has 1 N–H and O–H groups in total. The first kappa shape index (κ1) is 19.2. The van der Waals surface area contributed by atoms with Crippen LogP contribution in [-0.4, -0.2) is 37.1 Å². The molecule has 0 aliphatic heterocycles. The third kappa shape index (κ3) is 4.59. The Hall–Kier alpha value is -3.54. The van der Waals surface area contributed by atoms with Gasteiger partial charge in [0.05, 0.1) is 19.9 Å². The normalized spacial score (nSPS) is 10.2. The van der Waals surface area contributed by atoms with Gasteiger partial charge in [-0.3, -0.25) is 9.78 Å². The van der Waals surface area contributed by atoms with Crippen LogP contribution in [-0.2, 0) is 6.54 Å². The number of carbonyl (C=O) groups is 1. The van der Waals surface area contributed by atoms with E-state index in [1.165, 1.54) is 0 Å². The quantitative estimate of drug-likeness (QED) is 0.671. The van der Waals surface area contributed by atoms with Crippen molar-refractivity contribution in [3.63, 3.8) is 0 Å². The molecule has 6 nitrogen and oxygen atoms in total. The largest absolute Gasteiger partial charge is 0.497 e. The summed E-state index contributed by atoms with van der Waals surface area (Å²) in [7, 11) is 4.98. The molecule has 28 heavy (non-hydrogen) atoms. The molecule has 0 saturated carbocycles. The van der Waals surface area contributed by atoms with Crippen molar-refractivity contribution in [1.29, 1.82) is 0 Å². The number of hydrogen-bond donors (Lipinski definition) is 1. The second-order valence-electron chi connectivity index (χ2n) is 6.27. The number of ether oxygens (including phenoxy) is 2. The Kier molecular flexibility index (Phi) is 6.11. The molecule has 6 heteroatoms. The number of hydrogen-bond acceptors (Lipinski definition) is 5. The third-order valence-corrected chi connectivity index (χ3v) is 4.27. The van der Waals surface area contributed by atoms with E-state index in [4.69, 9.17) is 9.47 Å². The van der Waals surface area contributed by atoms with E-state index in [1.54, 1.807) is 44.5 Å². The molecular formula is C22H23N3O3. The maximum atomic E-state index is 12.8. The first-order chi connectivity index (χ1) is 13.6. The Morgan fingerprint density at radius 1 is 1.04 bits per heavy atom.